The lowest BCUT2D eigenvalue weighted by Crippen LogP contribution is -2.42. The summed E-state index contributed by atoms with van der Waals surface area (Å²) in [6, 6.07) is 6.44. The van der Waals surface area contributed by atoms with E-state index in [1.54, 1.807) is 17.2 Å². The Labute approximate surface area is 170 Å². The summed E-state index contributed by atoms with van der Waals surface area (Å²) in [5.74, 6) is -0.427. The largest absolute Gasteiger partial charge is 0.478 e. The topological polar surface area (TPSA) is 92.6 Å². The standard InChI is InChI=1S/C21H25N3O4Si/c1-29(2,3)8-7-28-13-24-18-16(5-4-6-22-18)21(20(24)27)10-14-9-15(19(25)26)12-23-17(14)11-21/h4-6,9,12H,7-8,10-11,13H2,1-3H3,(H,25,26)/t21-/m0/s1. The molecule has 1 spiro atoms. The summed E-state index contributed by atoms with van der Waals surface area (Å²) in [6.45, 7) is 7.67. The minimum atomic E-state index is -1.21. The van der Waals surface area contributed by atoms with Gasteiger partial charge in [-0.05, 0) is 30.2 Å². The SMILES string of the molecule is C[Si](C)(C)CCOCN1C(=O)[C@]2(Cc3cc(C(=O)O)cnc3C2)c2cccnc21. The van der Waals surface area contributed by atoms with Gasteiger partial charge >= 0.3 is 5.97 Å². The van der Waals surface area contributed by atoms with E-state index in [4.69, 9.17) is 4.74 Å². The summed E-state index contributed by atoms with van der Waals surface area (Å²) < 4.78 is 5.86. The number of carbonyl (C=O) groups is 2. The Morgan fingerprint density at radius 2 is 2.10 bits per heavy atom. The number of rotatable bonds is 6. The van der Waals surface area contributed by atoms with E-state index in [0.717, 1.165) is 22.9 Å². The van der Waals surface area contributed by atoms with Crippen LogP contribution in [0.5, 0.6) is 0 Å². The highest BCUT2D eigenvalue weighted by Crippen LogP contribution is 2.48. The molecule has 0 aromatic carbocycles. The summed E-state index contributed by atoms with van der Waals surface area (Å²) in [5, 5.41) is 9.26. The third-order valence-electron chi connectivity index (χ3n) is 5.70. The quantitative estimate of drug-likeness (QED) is 0.580. The molecule has 1 atom stereocenters. The van der Waals surface area contributed by atoms with E-state index in [1.807, 2.05) is 12.1 Å². The van der Waals surface area contributed by atoms with E-state index in [0.29, 0.717) is 25.3 Å². The van der Waals surface area contributed by atoms with E-state index >= 15 is 0 Å². The van der Waals surface area contributed by atoms with Crippen molar-refractivity contribution in [1.82, 2.24) is 9.97 Å². The van der Waals surface area contributed by atoms with Crippen LogP contribution in [0.15, 0.2) is 30.6 Å². The zero-order chi connectivity index (χ0) is 20.8. The van der Waals surface area contributed by atoms with Gasteiger partial charge < -0.3 is 9.84 Å². The minimum Gasteiger partial charge on any atom is -0.478 e. The Morgan fingerprint density at radius 1 is 1.31 bits per heavy atom. The van der Waals surface area contributed by atoms with Crippen molar-refractivity contribution in [2.45, 2.75) is 43.9 Å². The highest BCUT2D eigenvalue weighted by Gasteiger charge is 2.55. The molecule has 2 aliphatic rings. The number of aromatic carboxylic acids is 1. The predicted molar refractivity (Wildman–Crippen MR) is 111 cm³/mol. The van der Waals surface area contributed by atoms with E-state index < -0.39 is 19.5 Å². The molecular weight excluding hydrogens is 386 g/mol. The van der Waals surface area contributed by atoms with Gasteiger partial charge in [0.2, 0.25) is 5.91 Å². The van der Waals surface area contributed by atoms with Gasteiger partial charge in [0, 0.05) is 44.8 Å². The van der Waals surface area contributed by atoms with Crippen molar-refractivity contribution in [2.75, 3.05) is 18.2 Å². The Kier molecular flexibility index (Phi) is 4.78. The summed E-state index contributed by atoms with van der Waals surface area (Å²) in [5.41, 5.74) is 1.82. The second-order valence-electron chi connectivity index (χ2n) is 9.03. The number of hydrogen-bond donors (Lipinski definition) is 1. The average molecular weight is 412 g/mol. The average Bonchev–Trinajstić information content (AvgIpc) is 3.15. The molecule has 8 heteroatoms. The van der Waals surface area contributed by atoms with Crippen molar-refractivity contribution in [3.05, 3.63) is 53.0 Å². The number of carboxylic acid groups (broad SMARTS) is 1. The molecular formula is C21H25N3O4Si. The summed E-state index contributed by atoms with van der Waals surface area (Å²) >= 11 is 0. The predicted octanol–water partition coefficient (Wildman–Crippen LogP) is 2.87. The Morgan fingerprint density at radius 3 is 2.83 bits per heavy atom. The highest BCUT2D eigenvalue weighted by atomic mass is 28.3. The fraction of sp³-hybridized carbons (Fsp3) is 0.429. The molecule has 1 amide bonds. The summed E-state index contributed by atoms with van der Waals surface area (Å²) in [7, 11) is -1.21. The zero-order valence-corrected chi connectivity index (χ0v) is 17.9. The van der Waals surface area contributed by atoms with Crippen molar-refractivity contribution in [2.24, 2.45) is 0 Å². The number of ether oxygens (including phenoxy) is 1. The first-order valence-corrected chi connectivity index (χ1v) is 13.5. The lowest BCUT2D eigenvalue weighted by molar-refractivity contribution is -0.124. The molecule has 0 saturated heterocycles. The van der Waals surface area contributed by atoms with Crippen LogP contribution in [0.3, 0.4) is 0 Å². The summed E-state index contributed by atoms with van der Waals surface area (Å²) in [6.07, 6.45) is 3.93. The Balaban J connectivity index is 1.61. The van der Waals surface area contributed by atoms with E-state index in [1.165, 1.54) is 6.20 Å². The van der Waals surface area contributed by atoms with Crippen LogP contribution in [-0.4, -0.2) is 48.4 Å². The minimum absolute atomic E-state index is 0.0471. The van der Waals surface area contributed by atoms with Crippen molar-refractivity contribution in [3.8, 4) is 0 Å². The second-order valence-corrected chi connectivity index (χ2v) is 14.6. The molecule has 7 nitrogen and oxygen atoms in total. The monoisotopic (exact) mass is 411 g/mol. The van der Waals surface area contributed by atoms with Crippen LogP contribution < -0.4 is 4.90 Å². The number of pyridine rings is 2. The molecule has 3 heterocycles. The van der Waals surface area contributed by atoms with Crippen LogP contribution in [0.25, 0.3) is 0 Å². The van der Waals surface area contributed by atoms with Crippen LogP contribution in [-0.2, 0) is 27.8 Å². The van der Waals surface area contributed by atoms with Gasteiger partial charge in [-0.2, -0.15) is 0 Å². The maximum Gasteiger partial charge on any atom is 0.337 e. The van der Waals surface area contributed by atoms with Gasteiger partial charge in [-0.25, -0.2) is 9.78 Å². The van der Waals surface area contributed by atoms with Gasteiger partial charge in [-0.3, -0.25) is 14.7 Å². The number of anilines is 1. The van der Waals surface area contributed by atoms with Gasteiger partial charge in [-0.15, -0.1) is 0 Å². The number of aromatic nitrogens is 2. The van der Waals surface area contributed by atoms with Gasteiger partial charge in [0.25, 0.3) is 0 Å². The molecule has 0 saturated carbocycles. The zero-order valence-electron chi connectivity index (χ0n) is 16.9. The maximum absolute atomic E-state index is 13.5. The second kappa shape index (κ2) is 7.03. The van der Waals surface area contributed by atoms with Crippen molar-refractivity contribution < 1.29 is 19.4 Å². The molecule has 2 aromatic rings. The number of amides is 1. The van der Waals surface area contributed by atoms with Crippen LogP contribution in [0.4, 0.5) is 5.82 Å². The van der Waals surface area contributed by atoms with Crippen molar-refractivity contribution in [1.29, 1.82) is 0 Å². The van der Waals surface area contributed by atoms with Crippen molar-refractivity contribution in [3.63, 3.8) is 0 Å². The summed E-state index contributed by atoms with van der Waals surface area (Å²) in [4.78, 5) is 35.3. The van der Waals surface area contributed by atoms with Crippen LogP contribution in [0.2, 0.25) is 25.7 Å². The molecule has 1 aliphatic heterocycles. The number of carboxylic acids is 1. The fourth-order valence-corrected chi connectivity index (χ4v) is 4.85. The molecule has 0 unspecified atom stereocenters. The Hall–Kier alpha value is -2.58. The highest BCUT2D eigenvalue weighted by molar-refractivity contribution is 6.76. The van der Waals surface area contributed by atoms with E-state index in [9.17, 15) is 14.7 Å². The molecule has 4 rings (SSSR count). The number of fused-ring (bicyclic) bond motifs is 3. The number of carbonyl (C=O) groups excluding carboxylic acids is 1. The van der Waals surface area contributed by atoms with E-state index in [-0.39, 0.29) is 18.2 Å². The molecule has 1 aliphatic carbocycles. The third-order valence-corrected chi connectivity index (χ3v) is 7.40. The molecule has 29 heavy (non-hydrogen) atoms. The van der Waals surface area contributed by atoms with Gasteiger partial charge in [0.15, 0.2) is 0 Å². The molecule has 152 valence electrons. The maximum atomic E-state index is 13.5. The molecule has 2 aromatic heterocycles. The first kappa shape index (κ1) is 19.7. The first-order valence-electron chi connectivity index (χ1n) is 9.78. The van der Waals surface area contributed by atoms with Crippen LogP contribution in [0, 0.1) is 0 Å². The Bertz CT molecular complexity index is 988. The lowest BCUT2D eigenvalue weighted by atomic mass is 9.79. The van der Waals surface area contributed by atoms with Gasteiger partial charge in [0.1, 0.15) is 12.5 Å². The fourth-order valence-electron chi connectivity index (χ4n) is 4.09. The molecule has 0 bridgehead atoms. The number of nitrogens with zero attached hydrogens (tertiary/aromatic N) is 3. The van der Waals surface area contributed by atoms with Crippen LogP contribution >= 0.6 is 0 Å². The molecule has 1 N–H and O–H groups in total. The number of hydrogen-bond acceptors (Lipinski definition) is 5. The lowest BCUT2D eigenvalue weighted by Gasteiger charge is -2.23. The normalized spacial score (nSPS) is 20.2. The third kappa shape index (κ3) is 3.47. The van der Waals surface area contributed by atoms with Gasteiger partial charge in [0.05, 0.1) is 11.0 Å². The van der Waals surface area contributed by atoms with E-state index in [2.05, 4.69) is 29.6 Å². The van der Waals surface area contributed by atoms with Crippen LogP contribution in [0.1, 0.15) is 27.2 Å². The smallest absolute Gasteiger partial charge is 0.337 e. The first-order chi connectivity index (χ1) is 13.7. The van der Waals surface area contributed by atoms with Gasteiger partial charge in [-0.1, -0.05) is 25.7 Å². The van der Waals surface area contributed by atoms with Crippen molar-refractivity contribution >= 4 is 25.8 Å². The molecule has 0 radical (unpaired) electrons. The molecule has 0 fully saturated rings.